The summed E-state index contributed by atoms with van der Waals surface area (Å²) in [6.45, 7) is 0. The van der Waals surface area contributed by atoms with Crippen LogP contribution in [-0.2, 0) is 0 Å². The number of nitrogens with one attached hydrogen (secondary N) is 2. The zero-order valence-corrected chi connectivity index (χ0v) is 21.5. The fourth-order valence-electron chi connectivity index (χ4n) is 3.34. The van der Waals surface area contributed by atoms with E-state index in [2.05, 4.69) is 15.6 Å². The molecule has 35 heavy (non-hydrogen) atoms. The van der Waals surface area contributed by atoms with Gasteiger partial charge in [-0.25, -0.2) is 4.98 Å². The minimum absolute atomic E-state index is 0.0546. The number of hydrogen-bond acceptors (Lipinski definition) is 5. The van der Waals surface area contributed by atoms with Crippen LogP contribution in [0.3, 0.4) is 0 Å². The standard InChI is InChI=1S/C25H14Cl3N3O2S2/c26-14-7-5-13(6-8-14)20-9-10-21(33-20)23(32)31-25(34)30-19-11-15(16(27)12-17(19)28)24-29-18-3-1-2-4-22(18)35-24/h1-12H,(H2,30,31,32,34). The molecule has 0 aliphatic carbocycles. The van der Waals surface area contributed by atoms with E-state index in [1.165, 1.54) is 11.3 Å². The normalized spacial score (nSPS) is 10.9. The third kappa shape index (κ3) is 5.19. The zero-order valence-electron chi connectivity index (χ0n) is 17.6. The van der Waals surface area contributed by atoms with Crippen molar-refractivity contribution in [3.63, 3.8) is 0 Å². The summed E-state index contributed by atoms with van der Waals surface area (Å²) >= 11 is 25.6. The number of fused-ring (bicyclic) bond motifs is 1. The predicted molar refractivity (Wildman–Crippen MR) is 148 cm³/mol. The van der Waals surface area contributed by atoms with Gasteiger partial charge in [0, 0.05) is 16.1 Å². The number of rotatable bonds is 4. The van der Waals surface area contributed by atoms with Crippen molar-refractivity contribution in [1.82, 2.24) is 10.3 Å². The first-order valence-electron chi connectivity index (χ1n) is 10.2. The molecule has 2 heterocycles. The van der Waals surface area contributed by atoms with Gasteiger partial charge in [0.2, 0.25) is 0 Å². The molecule has 2 N–H and O–H groups in total. The molecule has 0 unspecified atom stereocenters. The number of thiazole rings is 1. The van der Waals surface area contributed by atoms with Gasteiger partial charge < -0.3 is 9.73 Å². The van der Waals surface area contributed by atoms with Gasteiger partial charge in [0.1, 0.15) is 10.8 Å². The summed E-state index contributed by atoms with van der Waals surface area (Å²) in [5, 5.41) is 7.78. The molecule has 0 saturated heterocycles. The lowest BCUT2D eigenvalue weighted by Crippen LogP contribution is -2.34. The summed E-state index contributed by atoms with van der Waals surface area (Å²) in [6.07, 6.45) is 0. The van der Waals surface area contributed by atoms with Crippen LogP contribution in [0, 0.1) is 0 Å². The van der Waals surface area contributed by atoms with Crippen LogP contribution in [0.1, 0.15) is 10.6 Å². The highest BCUT2D eigenvalue weighted by atomic mass is 35.5. The number of halogens is 3. The summed E-state index contributed by atoms with van der Waals surface area (Å²) in [5.41, 5.74) is 2.86. The topological polar surface area (TPSA) is 67.2 Å². The number of thiocarbonyl (C=S) groups is 1. The van der Waals surface area contributed by atoms with E-state index in [0.29, 0.717) is 32.1 Å². The van der Waals surface area contributed by atoms with Gasteiger partial charge in [-0.3, -0.25) is 10.1 Å². The molecule has 0 fully saturated rings. The second-order valence-corrected chi connectivity index (χ2v) is 10.1. The minimum atomic E-state index is -0.501. The van der Waals surface area contributed by atoms with Crippen LogP contribution in [0.15, 0.2) is 77.2 Å². The van der Waals surface area contributed by atoms with Gasteiger partial charge in [-0.1, -0.05) is 46.9 Å². The molecule has 0 atom stereocenters. The van der Waals surface area contributed by atoms with Crippen molar-refractivity contribution in [1.29, 1.82) is 0 Å². The molecule has 0 radical (unpaired) electrons. The number of amides is 1. The molecule has 0 spiro atoms. The summed E-state index contributed by atoms with van der Waals surface area (Å²) < 4.78 is 6.72. The first-order chi connectivity index (χ1) is 16.9. The van der Waals surface area contributed by atoms with Crippen molar-refractivity contribution in [2.75, 3.05) is 5.32 Å². The highest BCUT2D eigenvalue weighted by molar-refractivity contribution is 7.80. The molecule has 0 aliphatic rings. The Morgan fingerprint density at radius 1 is 0.943 bits per heavy atom. The number of benzene rings is 3. The third-order valence-electron chi connectivity index (χ3n) is 5.01. The average Bonchev–Trinajstić information content (AvgIpc) is 3.49. The van der Waals surface area contributed by atoms with Gasteiger partial charge in [-0.05, 0) is 72.9 Å². The Morgan fingerprint density at radius 3 is 2.49 bits per heavy atom. The molecule has 5 aromatic rings. The summed E-state index contributed by atoms with van der Waals surface area (Å²) in [7, 11) is 0. The van der Waals surface area contributed by atoms with Crippen molar-refractivity contribution in [3.8, 4) is 21.9 Å². The fourth-order valence-corrected chi connectivity index (χ4v) is 5.24. The van der Waals surface area contributed by atoms with Crippen LogP contribution in [0.2, 0.25) is 15.1 Å². The molecule has 0 bridgehead atoms. The van der Waals surface area contributed by atoms with Gasteiger partial charge in [-0.15, -0.1) is 11.3 Å². The van der Waals surface area contributed by atoms with Crippen LogP contribution >= 0.6 is 58.4 Å². The van der Waals surface area contributed by atoms with E-state index in [4.69, 9.17) is 51.4 Å². The average molecular weight is 559 g/mol. The maximum atomic E-state index is 12.7. The van der Waals surface area contributed by atoms with Crippen LogP contribution in [0.25, 0.3) is 32.1 Å². The maximum Gasteiger partial charge on any atom is 0.293 e. The number of carbonyl (C=O) groups excluding carboxylic acids is 1. The van der Waals surface area contributed by atoms with Crippen LogP contribution in [-0.4, -0.2) is 16.0 Å². The second kappa shape index (κ2) is 9.97. The van der Waals surface area contributed by atoms with Crippen molar-refractivity contribution < 1.29 is 9.21 Å². The SMILES string of the molecule is O=C(NC(=S)Nc1cc(-c2nc3ccccc3s2)c(Cl)cc1Cl)c1ccc(-c2ccc(Cl)cc2)o1. The molecule has 5 rings (SSSR count). The van der Waals surface area contributed by atoms with E-state index in [9.17, 15) is 4.79 Å². The number of para-hydroxylation sites is 1. The van der Waals surface area contributed by atoms with Gasteiger partial charge in [0.05, 0.1) is 25.9 Å². The first kappa shape index (κ1) is 23.8. The van der Waals surface area contributed by atoms with E-state index in [-0.39, 0.29) is 10.9 Å². The first-order valence-corrected chi connectivity index (χ1v) is 12.6. The summed E-state index contributed by atoms with van der Waals surface area (Å²) in [6, 6.07) is 21.6. The van der Waals surface area contributed by atoms with Crippen LogP contribution in [0.5, 0.6) is 0 Å². The Bertz CT molecular complexity index is 1550. The molecule has 174 valence electrons. The Labute approximate surface area is 224 Å². The van der Waals surface area contributed by atoms with Crippen molar-refractivity contribution >= 4 is 85.3 Å². The fraction of sp³-hybridized carbons (Fsp3) is 0. The Morgan fingerprint density at radius 2 is 1.71 bits per heavy atom. The monoisotopic (exact) mass is 557 g/mol. The second-order valence-electron chi connectivity index (χ2n) is 7.38. The minimum Gasteiger partial charge on any atom is -0.451 e. The molecule has 0 saturated carbocycles. The molecular weight excluding hydrogens is 545 g/mol. The Kier molecular flexibility index (Phi) is 6.77. The molecule has 3 aromatic carbocycles. The van der Waals surface area contributed by atoms with E-state index < -0.39 is 5.91 Å². The van der Waals surface area contributed by atoms with Gasteiger partial charge in [0.25, 0.3) is 5.91 Å². The van der Waals surface area contributed by atoms with Crippen molar-refractivity contribution in [3.05, 3.63) is 93.6 Å². The Balaban J connectivity index is 1.32. The highest BCUT2D eigenvalue weighted by Gasteiger charge is 2.17. The summed E-state index contributed by atoms with van der Waals surface area (Å²) in [4.78, 5) is 17.3. The molecule has 5 nitrogen and oxygen atoms in total. The smallest absolute Gasteiger partial charge is 0.293 e. The molecule has 10 heteroatoms. The number of nitrogens with zero attached hydrogens (tertiary/aromatic N) is 1. The molecule has 0 aliphatic heterocycles. The number of hydrogen-bond donors (Lipinski definition) is 2. The lowest BCUT2D eigenvalue weighted by molar-refractivity contribution is 0.0951. The third-order valence-corrected chi connectivity index (χ3v) is 7.17. The van der Waals surface area contributed by atoms with Crippen molar-refractivity contribution in [2.45, 2.75) is 0 Å². The lowest BCUT2D eigenvalue weighted by Gasteiger charge is -2.12. The van der Waals surface area contributed by atoms with E-state index in [1.807, 2.05) is 24.3 Å². The van der Waals surface area contributed by atoms with Crippen LogP contribution in [0.4, 0.5) is 5.69 Å². The molecular formula is C25H14Cl3N3O2S2. The van der Waals surface area contributed by atoms with E-state index >= 15 is 0 Å². The predicted octanol–water partition coefficient (Wildman–Crippen LogP) is 8.31. The van der Waals surface area contributed by atoms with E-state index in [0.717, 1.165) is 20.8 Å². The molecule has 1 amide bonds. The number of aromatic nitrogens is 1. The molecule has 2 aromatic heterocycles. The number of anilines is 1. The van der Waals surface area contributed by atoms with Gasteiger partial charge in [0.15, 0.2) is 10.9 Å². The number of furan rings is 1. The lowest BCUT2D eigenvalue weighted by atomic mass is 10.2. The summed E-state index contributed by atoms with van der Waals surface area (Å²) in [5.74, 6) is 0.141. The number of carbonyl (C=O) groups is 1. The van der Waals surface area contributed by atoms with Gasteiger partial charge >= 0.3 is 0 Å². The van der Waals surface area contributed by atoms with Crippen LogP contribution < -0.4 is 10.6 Å². The largest absolute Gasteiger partial charge is 0.451 e. The van der Waals surface area contributed by atoms with Crippen molar-refractivity contribution in [2.24, 2.45) is 0 Å². The maximum absolute atomic E-state index is 12.7. The zero-order chi connectivity index (χ0) is 24.5. The Hall–Kier alpha value is -2.94. The highest BCUT2D eigenvalue weighted by Crippen LogP contribution is 2.39. The van der Waals surface area contributed by atoms with Gasteiger partial charge in [-0.2, -0.15) is 0 Å². The van der Waals surface area contributed by atoms with E-state index in [1.54, 1.807) is 48.5 Å². The quantitative estimate of drug-likeness (QED) is 0.217.